The highest BCUT2D eigenvalue weighted by Gasteiger charge is 2.17. The van der Waals surface area contributed by atoms with E-state index in [1.54, 1.807) is 7.11 Å². The summed E-state index contributed by atoms with van der Waals surface area (Å²) in [5.74, 6) is 0.953. The van der Waals surface area contributed by atoms with Crippen molar-refractivity contribution in [3.63, 3.8) is 0 Å². The van der Waals surface area contributed by atoms with Gasteiger partial charge < -0.3 is 19.5 Å². The second kappa shape index (κ2) is 8.27. The Bertz CT molecular complexity index is 380. The van der Waals surface area contributed by atoms with E-state index in [1.165, 1.54) is 38.8 Å². The number of aromatic nitrogens is 2. The molecule has 1 aliphatic rings. The zero-order valence-electron chi connectivity index (χ0n) is 12.8. The van der Waals surface area contributed by atoms with Crippen molar-refractivity contribution in [1.29, 1.82) is 0 Å². The van der Waals surface area contributed by atoms with Crippen LogP contribution in [0, 0.1) is 0 Å². The van der Waals surface area contributed by atoms with Crippen molar-refractivity contribution in [2.24, 2.45) is 0 Å². The van der Waals surface area contributed by atoms with Crippen molar-refractivity contribution in [2.45, 2.75) is 45.2 Å². The number of piperidine rings is 1. The number of anilines is 1. The van der Waals surface area contributed by atoms with Crippen LogP contribution in [0.5, 0.6) is 0 Å². The van der Waals surface area contributed by atoms with Gasteiger partial charge in [-0.2, -0.15) is 0 Å². The Labute approximate surface area is 122 Å². The summed E-state index contributed by atoms with van der Waals surface area (Å²) >= 11 is 0. The maximum absolute atomic E-state index is 5.10. The number of hydrogen-bond donors (Lipinski definition) is 1. The van der Waals surface area contributed by atoms with Crippen LogP contribution in [0.1, 0.15) is 32.6 Å². The largest absolute Gasteiger partial charge is 0.383 e. The normalized spacial score (nSPS) is 20.2. The standard InChI is InChI=1S/C15H28N4O/c1-14-6-3-4-9-18(14)10-5-7-16-15-17-8-11-19(15)12-13-20-2/h8,11,14H,3-7,9-10,12-13H2,1-2H3,(H,16,17). The van der Waals surface area contributed by atoms with Crippen molar-refractivity contribution in [3.05, 3.63) is 12.4 Å². The maximum atomic E-state index is 5.10. The fraction of sp³-hybridized carbons (Fsp3) is 0.800. The molecule has 0 spiro atoms. The van der Waals surface area contributed by atoms with E-state index in [-0.39, 0.29) is 0 Å². The van der Waals surface area contributed by atoms with Gasteiger partial charge in [0.05, 0.1) is 6.61 Å². The smallest absolute Gasteiger partial charge is 0.202 e. The first kappa shape index (κ1) is 15.3. The van der Waals surface area contributed by atoms with Crippen molar-refractivity contribution >= 4 is 5.95 Å². The molecule has 0 saturated carbocycles. The number of ether oxygens (including phenoxy) is 1. The number of likely N-dealkylation sites (tertiary alicyclic amines) is 1. The molecule has 20 heavy (non-hydrogen) atoms. The zero-order chi connectivity index (χ0) is 14.2. The van der Waals surface area contributed by atoms with Crippen molar-refractivity contribution in [3.8, 4) is 0 Å². The molecule has 1 aromatic heterocycles. The van der Waals surface area contributed by atoms with Crippen molar-refractivity contribution in [1.82, 2.24) is 14.5 Å². The molecular weight excluding hydrogens is 252 g/mol. The Morgan fingerprint density at radius 1 is 1.40 bits per heavy atom. The summed E-state index contributed by atoms with van der Waals surface area (Å²) < 4.78 is 7.21. The molecule has 1 aliphatic heterocycles. The van der Waals surface area contributed by atoms with Crippen molar-refractivity contribution < 1.29 is 4.74 Å². The third kappa shape index (κ3) is 4.49. The molecule has 0 amide bonds. The van der Waals surface area contributed by atoms with Crippen LogP contribution in [0.15, 0.2) is 12.4 Å². The summed E-state index contributed by atoms with van der Waals surface area (Å²) in [4.78, 5) is 6.96. The van der Waals surface area contributed by atoms with Crippen LogP contribution in [0.2, 0.25) is 0 Å². The number of methoxy groups -OCH3 is 1. The van der Waals surface area contributed by atoms with E-state index >= 15 is 0 Å². The van der Waals surface area contributed by atoms with Gasteiger partial charge in [0.1, 0.15) is 0 Å². The molecule has 5 nitrogen and oxygen atoms in total. The molecule has 1 saturated heterocycles. The fourth-order valence-corrected chi connectivity index (χ4v) is 2.82. The van der Waals surface area contributed by atoms with Gasteiger partial charge in [-0.3, -0.25) is 0 Å². The van der Waals surface area contributed by atoms with Gasteiger partial charge in [0.2, 0.25) is 5.95 Å². The first-order valence-electron chi connectivity index (χ1n) is 7.79. The third-order valence-electron chi connectivity index (χ3n) is 4.10. The van der Waals surface area contributed by atoms with Crippen LogP contribution < -0.4 is 5.32 Å². The molecule has 2 heterocycles. The summed E-state index contributed by atoms with van der Waals surface area (Å²) in [5, 5.41) is 3.43. The SMILES string of the molecule is COCCn1ccnc1NCCCN1CCCCC1C. The van der Waals surface area contributed by atoms with Gasteiger partial charge in [-0.15, -0.1) is 0 Å². The molecule has 1 N–H and O–H groups in total. The molecule has 1 unspecified atom stereocenters. The predicted molar refractivity (Wildman–Crippen MR) is 82.1 cm³/mol. The first-order valence-corrected chi connectivity index (χ1v) is 7.79. The highest BCUT2D eigenvalue weighted by atomic mass is 16.5. The minimum atomic E-state index is 0.719. The van der Waals surface area contributed by atoms with Gasteiger partial charge in [0, 0.05) is 45.2 Å². The van der Waals surface area contributed by atoms with Crippen LogP contribution in [-0.4, -0.2) is 53.8 Å². The minimum Gasteiger partial charge on any atom is -0.383 e. The van der Waals surface area contributed by atoms with Gasteiger partial charge in [0.15, 0.2) is 0 Å². The molecule has 2 rings (SSSR count). The lowest BCUT2D eigenvalue weighted by Gasteiger charge is -2.33. The van der Waals surface area contributed by atoms with Crippen molar-refractivity contribution in [2.75, 3.05) is 38.7 Å². The quantitative estimate of drug-likeness (QED) is 0.741. The monoisotopic (exact) mass is 280 g/mol. The highest BCUT2D eigenvalue weighted by Crippen LogP contribution is 2.16. The molecular formula is C15H28N4O. The Morgan fingerprint density at radius 3 is 3.10 bits per heavy atom. The average molecular weight is 280 g/mol. The molecule has 0 radical (unpaired) electrons. The number of nitrogens with zero attached hydrogens (tertiary/aromatic N) is 3. The molecule has 0 aliphatic carbocycles. The van der Waals surface area contributed by atoms with E-state index in [9.17, 15) is 0 Å². The Balaban J connectivity index is 1.66. The van der Waals surface area contributed by atoms with E-state index < -0.39 is 0 Å². The summed E-state index contributed by atoms with van der Waals surface area (Å²) in [5.41, 5.74) is 0. The Morgan fingerprint density at radius 2 is 2.30 bits per heavy atom. The zero-order valence-corrected chi connectivity index (χ0v) is 12.8. The summed E-state index contributed by atoms with van der Waals surface area (Å²) in [6.45, 7) is 7.35. The van der Waals surface area contributed by atoms with E-state index in [4.69, 9.17) is 4.74 Å². The molecule has 0 bridgehead atoms. The van der Waals surface area contributed by atoms with E-state index in [0.717, 1.165) is 31.7 Å². The van der Waals surface area contributed by atoms with E-state index in [2.05, 4.69) is 26.7 Å². The second-order valence-corrected chi connectivity index (χ2v) is 5.60. The second-order valence-electron chi connectivity index (χ2n) is 5.60. The lowest BCUT2D eigenvalue weighted by Crippen LogP contribution is -2.38. The molecule has 0 aromatic carbocycles. The van der Waals surface area contributed by atoms with Gasteiger partial charge in [-0.05, 0) is 32.7 Å². The third-order valence-corrected chi connectivity index (χ3v) is 4.10. The minimum absolute atomic E-state index is 0.719. The van der Waals surface area contributed by atoms with E-state index in [1.807, 2.05) is 12.4 Å². The van der Waals surface area contributed by atoms with Gasteiger partial charge in [-0.25, -0.2) is 4.98 Å². The van der Waals surface area contributed by atoms with Gasteiger partial charge in [-0.1, -0.05) is 6.42 Å². The lowest BCUT2D eigenvalue weighted by molar-refractivity contribution is 0.160. The molecule has 1 fully saturated rings. The number of rotatable bonds is 8. The predicted octanol–water partition coefficient (Wildman–Crippen LogP) is 2.21. The van der Waals surface area contributed by atoms with Crippen LogP contribution in [0.3, 0.4) is 0 Å². The first-order chi connectivity index (χ1) is 9.81. The number of imidazole rings is 1. The van der Waals surface area contributed by atoms with Crippen LogP contribution in [0.25, 0.3) is 0 Å². The summed E-state index contributed by atoms with van der Waals surface area (Å²) in [7, 11) is 1.73. The maximum Gasteiger partial charge on any atom is 0.202 e. The molecule has 5 heteroatoms. The van der Waals surface area contributed by atoms with Crippen LogP contribution >= 0.6 is 0 Å². The van der Waals surface area contributed by atoms with Gasteiger partial charge in [0.25, 0.3) is 0 Å². The average Bonchev–Trinajstić information content (AvgIpc) is 2.90. The van der Waals surface area contributed by atoms with Crippen LogP contribution in [0.4, 0.5) is 5.95 Å². The number of hydrogen-bond acceptors (Lipinski definition) is 4. The molecule has 1 aromatic rings. The molecule has 114 valence electrons. The molecule has 1 atom stereocenters. The van der Waals surface area contributed by atoms with Crippen LogP contribution in [-0.2, 0) is 11.3 Å². The highest BCUT2D eigenvalue weighted by molar-refractivity contribution is 5.25. The topological polar surface area (TPSA) is 42.3 Å². The number of nitrogens with one attached hydrogen (secondary N) is 1. The van der Waals surface area contributed by atoms with E-state index in [0.29, 0.717) is 0 Å². The summed E-state index contributed by atoms with van der Waals surface area (Å²) in [6.07, 6.45) is 9.11. The Kier molecular flexibility index (Phi) is 6.33. The Hall–Kier alpha value is -1.07. The lowest BCUT2D eigenvalue weighted by atomic mass is 10.0. The summed E-state index contributed by atoms with van der Waals surface area (Å²) in [6, 6.07) is 0.757. The van der Waals surface area contributed by atoms with Gasteiger partial charge >= 0.3 is 0 Å². The fourth-order valence-electron chi connectivity index (χ4n) is 2.82.